The highest BCUT2D eigenvalue weighted by Crippen LogP contribution is 2.20. The molecule has 4 nitrogen and oxygen atoms in total. The van der Waals surface area contributed by atoms with Gasteiger partial charge in [-0.1, -0.05) is 24.8 Å². The van der Waals surface area contributed by atoms with Crippen molar-refractivity contribution in [2.45, 2.75) is 0 Å². The summed E-state index contributed by atoms with van der Waals surface area (Å²) in [6.45, 7) is 3.91. The van der Waals surface area contributed by atoms with Gasteiger partial charge in [-0.25, -0.2) is 15.0 Å². The minimum Gasteiger partial charge on any atom is -0.260 e. The zero-order chi connectivity index (χ0) is 11.4. The molecule has 0 bridgehead atoms. The molecule has 0 unspecified atom stereocenters. The summed E-state index contributed by atoms with van der Waals surface area (Å²) in [4.78, 5) is 13.1. The normalized spacial score (nSPS) is 11.8. The topological polar surface area (TPSA) is 43.1 Å². The monoisotopic (exact) mass is 220 g/mol. The number of para-hydroxylation sites is 1. The molecule has 0 radical (unpaired) electrons. The fraction of sp³-hybridized carbons (Fsp3) is 0. The van der Waals surface area contributed by atoms with Gasteiger partial charge in [0.1, 0.15) is 5.35 Å². The third kappa shape index (κ3) is 0.990. The van der Waals surface area contributed by atoms with E-state index in [0.29, 0.717) is 11.1 Å². The van der Waals surface area contributed by atoms with Crippen LogP contribution in [0.1, 0.15) is 0 Å². The van der Waals surface area contributed by atoms with E-state index in [1.807, 2.05) is 28.7 Å². The summed E-state index contributed by atoms with van der Waals surface area (Å²) in [6, 6.07) is 10.0. The van der Waals surface area contributed by atoms with E-state index in [1.54, 1.807) is 6.20 Å². The Morgan fingerprint density at radius 1 is 1.06 bits per heavy atom. The quantitative estimate of drug-likeness (QED) is 0.422. The van der Waals surface area contributed by atoms with E-state index in [1.165, 1.54) is 0 Å². The van der Waals surface area contributed by atoms with Gasteiger partial charge in [-0.3, -0.25) is 4.40 Å². The first-order chi connectivity index (χ1) is 8.34. The second-order valence-corrected chi connectivity index (χ2v) is 3.98. The van der Waals surface area contributed by atoms with Crippen LogP contribution < -0.4 is 5.35 Å². The molecule has 1 aromatic carbocycles. The van der Waals surface area contributed by atoms with E-state index in [2.05, 4.69) is 27.6 Å². The molecule has 17 heavy (non-hydrogen) atoms. The summed E-state index contributed by atoms with van der Waals surface area (Å²) in [6.07, 6.45) is 1.77. The lowest BCUT2D eigenvalue weighted by Gasteiger charge is -2.04. The SMILES string of the molecule is C=c1nc2nccc3c4ccccc4nc1n23. The second kappa shape index (κ2) is 2.79. The Bertz CT molecular complexity index is 907. The van der Waals surface area contributed by atoms with E-state index >= 15 is 0 Å². The molecule has 0 N–H and O–H groups in total. The first kappa shape index (κ1) is 8.64. The zero-order valence-electron chi connectivity index (χ0n) is 8.96. The minimum atomic E-state index is 0.653. The van der Waals surface area contributed by atoms with Crippen molar-refractivity contribution in [3.05, 3.63) is 41.9 Å². The van der Waals surface area contributed by atoms with Crippen LogP contribution >= 0.6 is 0 Å². The van der Waals surface area contributed by atoms with Crippen molar-refractivity contribution in [1.29, 1.82) is 0 Å². The molecule has 0 saturated carbocycles. The third-order valence-electron chi connectivity index (χ3n) is 2.97. The lowest BCUT2D eigenvalue weighted by molar-refractivity contribution is 1.16. The van der Waals surface area contributed by atoms with Gasteiger partial charge in [0.25, 0.3) is 0 Å². The average molecular weight is 220 g/mol. The largest absolute Gasteiger partial charge is 0.260 e. The van der Waals surface area contributed by atoms with Crippen molar-refractivity contribution < 1.29 is 0 Å². The van der Waals surface area contributed by atoms with Crippen LogP contribution in [0.4, 0.5) is 0 Å². The maximum atomic E-state index is 4.58. The van der Waals surface area contributed by atoms with Gasteiger partial charge in [-0.2, -0.15) is 0 Å². The first-order valence-electron chi connectivity index (χ1n) is 5.35. The van der Waals surface area contributed by atoms with Crippen molar-refractivity contribution in [3.63, 3.8) is 0 Å². The Balaban J connectivity index is 2.50. The molecular formula is C13H8N4. The summed E-state index contributed by atoms with van der Waals surface area (Å²) in [7, 11) is 0. The Labute approximate surface area is 96.2 Å². The highest BCUT2D eigenvalue weighted by Gasteiger charge is 2.09. The van der Waals surface area contributed by atoms with Gasteiger partial charge in [0.15, 0.2) is 5.65 Å². The molecular weight excluding hydrogens is 212 g/mol. The van der Waals surface area contributed by atoms with E-state index in [9.17, 15) is 0 Å². The number of benzene rings is 1. The number of imidazole rings is 1. The third-order valence-corrected chi connectivity index (χ3v) is 2.97. The van der Waals surface area contributed by atoms with E-state index in [0.717, 1.165) is 22.1 Å². The molecule has 0 aliphatic rings. The zero-order valence-corrected chi connectivity index (χ0v) is 8.96. The molecule has 0 spiro atoms. The summed E-state index contributed by atoms with van der Waals surface area (Å²) in [5.41, 5.74) is 2.80. The van der Waals surface area contributed by atoms with Gasteiger partial charge in [0, 0.05) is 11.6 Å². The predicted molar refractivity (Wildman–Crippen MR) is 66.5 cm³/mol. The fourth-order valence-corrected chi connectivity index (χ4v) is 2.23. The summed E-state index contributed by atoms with van der Waals surface area (Å²) >= 11 is 0. The number of hydrogen-bond donors (Lipinski definition) is 0. The van der Waals surface area contributed by atoms with Crippen LogP contribution in [0.25, 0.3) is 34.4 Å². The molecule has 0 atom stereocenters. The van der Waals surface area contributed by atoms with E-state index in [-0.39, 0.29) is 0 Å². The van der Waals surface area contributed by atoms with Gasteiger partial charge in [0.05, 0.1) is 11.0 Å². The molecule has 3 aromatic heterocycles. The highest BCUT2D eigenvalue weighted by molar-refractivity contribution is 5.96. The molecule has 80 valence electrons. The standard InChI is InChI=1S/C13H8N4/c1-8-12-16-10-5-3-2-4-9(10)11-6-7-14-13(15-8)17(11)12/h2-7H,1H2. The highest BCUT2D eigenvalue weighted by atomic mass is 15.1. The van der Waals surface area contributed by atoms with Crippen molar-refractivity contribution in [3.8, 4) is 0 Å². The smallest absolute Gasteiger partial charge is 0.236 e. The predicted octanol–water partition coefficient (Wildman–Crippen LogP) is 1.56. The van der Waals surface area contributed by atoms with Crippen LogP contribution in [-0.4, -0.2) is 19.4 Å². The minimum absolute atomic E-state index is 0.653. The molecule has 4 aromatic rings. The van der Waals surface area contributed by atoms with Crippen molar-refractivity contribution in [2.24, 2.45) is 0 Å². The molecule has 4 rings (SSSR count). The average Bonchev–Trinajstić information content (AvgIpc) is 2.68. The van der Waals surface area contributed by atoms with Gasteiger partial charge in [0.2, 0.25) is 5.78 Å². The molecule has 0 aliphatic heterocycles. The van der Waals surface area contributed by atoms with Crippen LogP contribution in [0, 0.1) is 0 Å². The van der Waals surface area contributed by atoms with Crippen LogP contribution in [0.5, 0.6) is 0 Å². The van der Waals surface area contributed by atoms with Crippen molar-refractivity contribution >= 4 is 34.4 Å². The number of hydrogen-bond acceptors (Lipinski definition) is 3. The molecule has 0 fully saturated rings. The van der Waals surface area contributed by atoms with Crippen LogP contribution in [0.2, 0.25) is 0 Å². The Hall–Kier alpha value is -2.49. The van der Waals surface area contributed by atoms with Crippen molar-refractivity contribution in [1.82, 2.24) is 19.4 Å². The Morgan fingerprint density at radius 2 is 1.94 bits per heavy atom. The Kier molecular flexibility index (Phi) is 1.42. The second-order valence-electron chi connectivity index (χ2n) is 3.98. The number of nitrogens with zero attached hydrogens (tertiary/aromatic N) is 4. The Morgan fingerprint density at radius 3 is 2.88 bits per heavy atom. The lowest BCUT2D eigenvalue weighted by Crippen LogP contribution is -2.01. The van der Waals surface area contributed by atoms with Crippen LogP contribution in [0.15, 0.2) is 36.5 Å². The molecule has 0 saturated heterocycles. The summed E-state index contributed by atoms with van der Waals surface area (Å²) in [5, 5.41) is 1.77. The van der Waals surface area contributed by atoms with Gasteiger partial charge in [-0.15, -0.1) is 0 Å². The van der Waals surface area contributed by atoms with Gasteiger partial charge in [-0.05, 0) is 12.1 Å². The number of fused-ring (bicyclic) bond motifs is 2. The number of aromatic nitrogens is 4. The molecule has 0 aliphatic carbocycles. The molecule has 3 heterocycles. The first-order valence-corrected chi connectivity index (χ1v) is 5.35. The summed E-state index contributed by atoms with van der Waals surface area (Å²) < 4.78 is 1.95. The lowest BCUT2D eigenvalue weighted by atomic mass is 10.2. The molecule has 0 amide bonds. The maximum Gasteiger partial charge on any atom is 0.236 e. The summed E-state index contributed by atoms with van der Waals surface area (Å²) in [5.74, 6) is 0.653. The van der Waals surface area contributed by atoms with Crippen molar-refractivity contribution in [2.75, 3.05) is 0 Å². The van der Waals surface area contributed by atoms with E-state index in [4.69, 9.17) is 0 Å². The van der Waals surface area contributed by atoms with Gasteiger partial charge < -0.3 is 0 Å². The van der Waals surface area contributed by atoms with Crippen LogP contribution in [-0.2, 0) is 0 Å². The van der Waals surface area contributed by atoms with Crippen LogP contribution in [0.3, 0.4) is 0 Å². The maximum absolute atomic E-state index is 4.58. The fourth-order valence-electron chi connectivity index (χ4n) is 2.23. The van der Waals surface area contributed by atoms with E-state index < -0.39 is 0 Å². The molecule has 4 heteroatoms. The van der Waals surface area contributed by atoms with Gasteiger partial charge >= 0.3 is 0 Å². The number of rotatable bonds is 0.